The standard InChI is InChI=1S/C23H23F3N2O/c1-14-10-15(2)12-16(11-14)18(13-27)20(22(3,4)5)28-21(29)17-8-6-7-9-19(17)23(24,25)26/h6-12H,1-5H3,(H,28,29). The first-order valence-corrected chi connectivity index (χ1v) is 9.05. The van der Waals surface area contributed by atoms with E-state index in [1.807, 2.05) is 32.0 Å². The number of carbonyl (C=O) groups excluding carboxylic acids is 1. The number of rotatable bonds is 3. The largest absolute Gasteiger partial charge is 0.417 e. The van der Waals surface area contributed by atoms with Crippen molar-refractivity contribution in [3.63, 3.8) is 0 Å². The second-order valence-electron chi connectivity index (χ2n) is 7.99. The van der Waals surface area contributed by atoms with E-state index >= 15 is 0 Å². The van der Waals surface area contributed by atoms with Crippen LogP contribution in [0.15, 0.2) is 48.2 Å². The molecule has 0 unspecified atom stereocenters. The summed E-state index contributed by atoms with van der Waals surface area (Å²) >= 11 is 0. The lowest BCUT2D eigenvalue weighted by Crippen LogP contribution is -2.32. The molecular formula is C23H23F3N2O. The van der Waals surface area contributed by atoms with Crippen LogP contribution < -0.4 is 5.32 Å². The van der Waals surface area contributed by atoms with Crippen LogP contribution in [-0.4, -0.2) is 5.91 Å². The molecule has 2 rings (SSSR count). The average Bonchev–Trinajstić information content (AvgIpc) is 2.59. The van der Waals surface area contributed by atoms with Crippen molar-refractivity contribution >= 4 is 11.5 Å². The Balaban J connectivity index is 2.62. The van der Waals surface area contributed by atoms with Crippen molar-refractivity contribution in [1.29, 1.82) is 5.26 Å². The highest BCUT2D eigenvalue weighted by atomic mass is 19.4. The van der Waals surface area contributed by atoms with Gasteiger partial charge in [0.25, 0.3) is 5.91 Å². The monoisotopic (exact) mass is 400 g/mol. The van der Waals surface area contributed by atoms with Crippen molar-refractivity contribution < 1.29 is 18.0 Å². The molecule has 0 aromatic heterocycles. The van der Waals surface area contributed by atoms with E-state index < -0.39 is 28.6 Å². The highest BCUT2D eigenvalue weighted by Gasteiger charge is 2.35. The molecular weight excluding hydrogens is 377 g/mol. The molecule has 0 atom stereocenters. The first kappa shape index (κ1) is 22.2. The minimum atomic E-state index is -4.66. The van der Waals surface area contributed by atoms with E-state index in [9.17, 15) is 23.2 Å². The Labute approximate surface area is 168 Å². The van der Waals surface area contributed by atoms with Gasteiger partial charge in [0.05, 0.1) is 16.7 Å². The summed E-state index contributed by atoms with van der Waals surface area (Å²) in [5.74, 6) is -0.903. The van der Waals surface area contributed by atoms with Gasteiger partial charge in [0, 0.05) is 11.1 Å². The first-order valence-electron chi connectivity index (χ1n) is 9.05. The number of alkyl halides is 3. The Morgan fingerprint density at radius 2 is 1.55 bits per heavy atom. The van der Waals surface area contributed by atoms with Crippen LogP contribution >= 0.6 is 0 Å². The van der Waals surface area contributed by atoms with Crippen LogP contribution in [-0.2, 0) is 6.18 Å². The van der Waals surface area contributed by atoms with E-state index in [-0.39, 0.29) is 11.3 Å². The predicted octanol–water partition coefficient (Wildman–Crippen LogP) is 6.03. The van der Waals surface area contributed by atoms with Gasteiger partial charge in [-0.1, -0.05) is 62.2 Å². The number of aryl methyl sites for hydroxylation is 2. The lowest BCUT2D eigenvalue weighted by molar-refractivity contribution is -0.137. The molecule has 0 saturated heterocycles. The highest BCUT2D eigenvalue weighted by Crippen LogP contribution is 2.34. The van der Waals surface area contributed by atoms with Crippen molar-refractivity contribution in [3.8, 4) is 6.07 Å². The Kier molecular flexibility index (Phi) is 6.22. The number of nitriles is 1. The van der Waals surface area contributed by atoms with Gasteiger partial charge in [0.2, 0.25) is 0 Å². The van der Waals surface area contributed by atoms with E-state index in [1.165, 1.54) is 12.1 Å². The zero-order valence-electron chi connectivity index (χ0n) is 17.0. The molecule has 2 aromatic carbocycles. The molecule has 6 heteroatoms. The fourth-order valence-corrected chi connectivity index (χ4v) is 3.12. The molecule has 0 bridgehead atoms. The summed E-state index contributed by atoms with van der Waals surface area (Å²) in [5.41, 5.74) is 0.791. The van der Waals surface area contributed by atoms with Crippen LogP contribution in [0.25, 0.3) is 5.57 Å². The molecule has 1 amide bonds. The van der Waals surface area contributed by atoms with E-state index in [2.05, 4.69) is 11.4 Å². The number of amides is 1. The SMILES string of the molecule is Cc1cc(C)cc(C(C#N)=C(NC(=O)c2ccccc2C(F)(F)F)C(C)(C)C)c1. The summed E-state index contributed by atoms with van der Waals surface area (Å²) in [4.78, 5) is 12.8. The van der Waals surface area contributed by atoms with E-state index in [0.29, 0.717) is 5.56 Å². The summed E-state index contributed by atoms with van der Waals surface area (Å²) < 4.78 is 39.9. The number of benzene rings is 2. The Hall–Kier alpha value is -3.07. The summed E-state index contributed by atoms with van der Waals surface area (Å²) in [7, 11) is 0. The topological polar surface area (TPSA) is 52.9 Å². The van der Waals surface area contributed by atoms with Crippen LogP contribution in [0.3, 0.4) is 0 Å². The van der Waals surface area contributed by atoms with Gasteiger partial charge in [-0.2, -0.15) is 18.4 Å². The van der Waals surface area contributed by atoms with Crippen LogP contribution in [0.5, 0.6) is 0 Å². The van der Waals surface area contributed by atoms with Crippen molar-refractivity contribution in [1.82, 2.24) is 5.32 Å². The molecule has 2 aromatic rings. The van der Waals surface area contributed by atoms with Gasteiger partial charge in [-0.05, 0) is 31.5 Å². The molecule has 152 valence electrons. The maximum absolute atomic E-state index is 13.3. The van der Waals surface area contributed by atoms with Crippen LogP contribution in [0.1, 0.15) is 53.4 Å². The van der Waals surface area contributed by atoms with Crippen LogP contribution in [0.4, 0.5) is 13.2 Å². The summed E-state index contributed by atoms with van der Waals surface area (Å²) in [6.45, 7) is 9.15. The minimum absolute atomic E-state index is 0.224. The third kappa shape index (κ3) is 5.26. The summed E-state index contributed by atoms with van der Waals surface area (Å²) in [5, 5.41) is 12.4. The lowest BCUT2D eigenvalue weighted by Gasteiger charge is -2.26. The summed E-state index contributed by atoms with van der Waals surface area (Å²) in [6, 6.07) is 12.3. The molecule has 0 aliphatic rings. The maximum atomic E-state index is 13.3. The summed E-state index contributed by atoms with van der Waals surface area (Å²) in [6.07, 6.45) is -4.66. The molecule has 29 heavy (non-hydrogen) atoms. The molecule has 0 fully saturated rings. The molecule has 0 radical (unpaired) electrons. The van der Waals surface area contributed by atoms with Crippen molar-refractivity contribution in [2.45, 2.75) is 40.8 Å². The van der Waals surface area contributed by atoms with Gasteiger partial charge in [0.1, 0.15) is 6.07 Å². The van der Waals surface area contributed by atoms with Crippen molar-refractivity contribution in [2.24, 2.45) is 5.41 Å². The molecule has 0 saturated carbocycles. The number of allylic oxidation sites excluding steroid dienone is 2. The van der Waals surface area contributed by atoms with Gasteiger partial charge >= 0.3 is 6.18 Å². The smallest absolute Gasteiger partial charge is 0.324 e. The van der Waals surface area contributed by atoms with Gasteiger partial charge in [-0.25, -0.2) is 0 Å². The number of hydrogen-bond donors (Lipinski definition) is 1. The first-order chi connectivity index (χ1) is 13.3. The van der Waals surface area contributed by atoms with Gasteiger partial charge in [0.15, 0.2) is 0 Å². The molecule has 0 aliphatic carbocycles. The normalized spacial score (nSPS) is 12.8. The fraction of sp³-hybridized carbons (Fsp3) is 0.304. The number of carbonyl (C=O) groups is 1. The molecule has 3 nitrogen and oxygen atoms in total. The zero-order chi connectivity index (χ0) is 22.0. The van der Waals surface area contributed by atoms with Crippen LogP contribution in [0, 0.1) is 30.6 Å². The van der Waals surface area contributed by atoms with Crippen molar-refractivity contribution in [3.05, 3.63) is 76.0 Å². The van der Waals surface area contributed by atoms with E-state index in [1.54, 1.807) is 20.8 Å². The molecule has 0 heterocycles. The number of nitrogens with one attached hydrogen (secondary N) is 1. The second kappa shape index (κ2) is 8.12. The quantitative estimate of drug-likeness (QED) is 0.639. The van der Waals surface area contributed by atoms with E-state index in [0.717, 1.165) is 23.3 Å². The predicted molar refractivity (Wildman–Crippen MR) is 107 cm³/mol. The lowest BCUT2D eigenvalue weighted by atomic mass is 9.86. The average molecular weight is 400 g/mol. The Morgan fingerprint density at radius 1 is 1.00 bits per heavy atom. The van der Waals surface area contributed by atoms with Crippen molar-refractivity contribution in [2.75, 3.05) is 0 Å². The maximum Gasteiger partial charge on any atom is 0.417 e. The zero-order valence-corrected chi connectivity index (χ0v) is 17.0. The Bertz CT molecular complexity index is 986. The van der Waals surface area contributed by atoms with Gasteiger partial charge in [-0.15, -0.1) is 0 Å². The third-order valence-electron chi connectivity index (χ3n) is 4.34. The van der Waals surface area contributed by atoms with Gasteiger partial charge in [-0.3, -0.25) is 4.79 Å². The van der Waals surface area contributed by atoms with Gasteiger partial charge < -0.3 is 5.32 Å². The number of halogens is 3. The van der Waals surface area contributed by atoms with Crippen LogP contribution in [0.2, 0.25) is 0 Å². The minimum Gasteiger partial charge on any atom is -0.324 e. The Morgan fingerprint density at radius 3 is 2.03 bits per heavy atom. The highest BCUT2D eigenvalue weighted by molar-refractivity contribution is 5.98. The number of nitrogens with zero attached hydrogens (tertiary/aromatic N) is 1. The number of hydrogen-bond acceptors (Lipinski definition) is 2. The third-order valence-corrected chi connectivity index (χ3v) is 4.34. The molecule has 0 spiro atoms. The fourth-order valence-electron chi connectivity index (χ4n) is 3.12. The molecule has 0 aliphatic heterocycles. The van der Waals surface area contributed by atoms with E-state index in [4.69, 9.17) is 0 Å². The second-order valence-corrected chi connectivity index (χ2v) is 7.99. The molecule has 1 N–H and O–H groups in total.